The second kappa shape index (κ2) is 11.3. The minimum Gasteiger partial charge on any atom is -0.504 e. The van der Waals surface area contributed by atoms with Crippen LogP contribution in [0.4, 0.5) is 10.8 Å². The fourth-order valence-corrected chi connectivity index (χ4v) is 4.55. The van der Waals surface area contributed by atoms with E-state index in [-0.39, 0.29) is 11.7 Å². The van der Waals surface area contributed by atoms with Gasteiger partial charge in [-0.1, -0.05) is 29.8 Å². The zero-order chi connectivity index (χ0) is 24.8. The first-order valence-corrected chi connectivity index (χ1v) is 12.8. The van der Waals surface area contributed by atoms with Crippen LogP contribution in [0.1, 0.15) is 28.4 Å². The molecular weight excluding hydrogens is 575 g/mol. The average molecular weight is 598 g/mol. The number of hydrazone groups is 1. The molecule has 0 aliphatic heterocycles. The highest BCUT2D eigenvalue weighted by atomic mass is 127. The van der Waals surface area contributed by atoms with Gasteiger partial charge in [-0.25, -0.2) is 10.4 Å². The standard InChI is InChI=1S/C26H23IN4O3S/c1-3-34-23-13-17(12-21(27)24(23)32)14-28-31-25(33)19-8-6-18(7-9-19)22-15-35-26(30-22)29-20-10-4-16(2)5-11-20/h4-15,32H,3H2,1-2H3,(H,29,30)(H,31,33)/b28-14-. The zero-order valence-corrected chi connectivity index (χ0v) is 22.1. The second-order valence-electron chi connectivity index (χ2n) is 7.59. The van der Waals surface area contributed by atoms with Gasteiger partial charge in [0.2, 0.25) is 0 Å². The largest absolute Gasteiger partial charge is 0.504 e. The van der Waals surface area contributed by atoms with Crippen molar-refractivity contribution in [2.75, 3.05) is 11.9 Å². The summed E-state index contributed by atoms with van der Waals surface area (Å²) in [5.41, 5.74) is 7.65. The molecule has 4 aromatic rings. The Bertz CT molecular complexity index is 1350. The Morgan fingerprint density at radius 2 is 1.91 bits per heavy atom. The number of hydrogen-bond donors (Lipinski definition) is 3. The number of phenols is 1. The van der Waals surface area contributed by atoms with E-state index in [0.29, 0.717) is 27.1 Å². The lowest BCUT2D eigenvalue weighted by molar-refractivity contribution is 0.0955. The molecule has 0 aliphatic carbocycles. The van der Waals surface area contributed by atoms with Gasteiger partial charge in [-0.05, 0) is 78.4 Å². The van der Waals surface area contributed by atoms with E-state index in [0.717, 1.165) is 22.1 Å². The predicted octanol–water partition coefficient (Wildman–Crippen LogP) is 6.33. The third kappa shape index (κ3) is 6.37. The second-order valence-corrected chi connectivity index (χ2v) is 9.61. The van der Waals surface area contributed by atoms with Gasteiger partial charge in [-0.15, -0.1) is 11.3 Å². The lowest BCUT2D eigenvalue weighted by Gasteiger charge is -2.08. The van der Waals surface area contributed by atoms with Crippen LogP contribution >= 0.6 is 33.9 Å². The van der Waals surface area contributed by atoms with Crippen LogP contribution in [0.15, 0.2) is 71.1 Å². The molecule has 3 N–H and O–H groups in total. The first kappa shape index (κ1) is 24.7. The highest BCUT2D eigenvalue weighted by Gasteiger charge is 2.10. The Labute approximate surface area is 221 Å². The first-order valence-electron chi connectivity index (χ1n) is 10.8. The highest BCUT2D eigenvalue weighted by Crippen LogP contribution is 2.32. The lowest BCUT2D eigenvalue weighted by Crippen LogP contribution is -2.17. The van der Waals surface area contributed by atoms with Crippen molar-refractivity contribution < 1.29 is 14.6 Å². The van der Waals surface area contributed by atoms with Crippen molar-refractivity contribution in [3.63, 3.8) is 0 Å². The fraction of sp³-hybridized carbons (Fsp3) is 0.115. The number of carbonyl (C=O) groups is 1. The van der Waals surface area contributed by atoms with Crippen LogP contribution in [0.3, 0.4) is 0 Å². The van der Waals surface area contributed by atoms with Crippen LogP contribution in [0.2, 0.25) is 0 Å². The number of phenolic OH excluding ortho intramolecular Hbond substituents is 1. The summed E-state index contributed by atoms with van der Waals surface area (Å²) in [5.74, 6) is 0.139. The van der Waals surface area contributed by atoms with E-state index in [1.807, 2.05) is 71.3 Å². The number of ether oxygens (including phenoxy) is 1. The predicted molar refractivity (Wildman–Crippen MR) is 149 cm³/mol. The van der Waals surface area contributed by atoms with Crippen molar-refractivity contribution in [3.8, 4) is 22.8 Å². The van der Waals surface area contributed by atoms with Crippen molar-refractivity contribution in [3.05, 3.63) is 86.3 Å². The number of thiazole rings is 1. The summed E-state index contributed by atoms with van der Waals surface area (Å²) in [4.78, 5) is 17.1. The van der Waals surface area contributed by atoms with Crippen LogP contribution in [-0.2, 0) is 0 Å². The van der Waals surface area contributed by atoms with E-state index >= 15 is 0 Å². The maximum absolute atomic E-state index is 12.5. The van der Waals surface area contributed by atoms with Gasteiger partial charge >= 0.3 is 0 Å². The van der Waals surface area contributed by atoms with Crippen LogP contribution in [0.25, 0.3) is 11.3 Å². The number of nitrogens with zero attached hydrogens (tertiary/aromatic N) is 2. The molecule has 1 amide bonds. The SMILES string of the molecule is CCOc1cc(/C=N\NC(=O)c2ccc(-c3csc(Nc4ccc(C)cc4)n3)cc2)cc(I)c1O. The number of anilines is 2. The number of rotatable bonds is 8. The van der Waals surface area contributed by atoms with Gasteiger partial charge in [0.15, 0.2) is 16.6 Å². The number of halogens is 1. The Balaban J connectivity index is 1.38. The van der Waals surface area contributed by atoms with Gasteiger partial charge in [0, 0.05) is 22.2 Å². The molecule has 0 spiro atoms. The van der Waals surface area contributed by atoms with E-state index in [9.17, 15) is 9.90 Å². The third-order valence-electron chi connectivity index (χ3n) is 4.98. The van der Waals surface area contributed by atoms with Gasteiger partial charge < -0.3 is 15.2 Å². The summed E-state index contributed by atoms with van der Waals surface area (Å²) in [5, 5.41) is 20.2. The molecule has 0 radical (unpaired) electrons. The smallest absolute Gasteiger partial charge is 0.271 e. The van der Waals surface area contributed by atoms with E-state index in [1.54, 1.807) is 24.3 Å². The van der Waals surface area contributed by atoms with E-state index in [4.69, 9.17) is 4.74 Å². The number of carbonyl (C=O) groups excluding carboxylic acids is 1. The first-order chi connectivity index (χ1) is 16.9. The molecular formula is C26H23IN4O3S. The molecule has 0 atom stereocenters. The Hall–Kier alpha value is -3.44. The normalized spacial score (nSPS) is 10.9. The monoisotopic (exact) mass is 598 g/mol. The summed E-state index contributed by atoms with van der Waals surface area (Å²) in [7, 11) is 0. The molecule has 0 saturated carbocycles. The molecule has 1 heterocycles. The number of aromatic nitrogens is 1. The molecule has 178 valence electrons. The molecule has 0 aliphatic rings. The van der Waals surface area contributed by atoms with Crippen LogP contribution in [0.5, 0.6) is 11.5 Å². The molecule has 7 nitrogen and oxygen atoms in total. The van der Waals surface area contributed by atoms with Gasteiger partial charge in [0.25, 0.3) is 5.91 Å². The van der Waals surface area contributed by atoms with Crippen LogP contribution in [-0.4, -0.2) is 28.8 Å². The molecule has 0 saturated heterocycles. The molecule has 3 aromatic carbocycles. The minimum absolute atomic E-state index is 0.0897. The van der Waals surface area contributed by atoms with Gasteiger partial charge in [-0.3, -0.25) is 4.79 Å². The molecule has 0 fully saturated rings. The van der Waals surface area contributed by atoms with Crippen molar-refractivity contribution in [1.82, 2.24) is 10.4 Å². The third-order valence-corrected chi connectivity index (χ3v) is 6.56. The van der Waals surface area contributed by atoms with Gasteiger partial charge in [0.1, 0.15) is 0 Å². The molecule has 35 heavy (non-hydrogen) atoms. The summed E-state index contributed by atoms with van der Waals surface area (Å²) in [6, 6.07) is 18.8. The van der Waals surface area contributed by atoms with Gasteiger partial charge in [-0.2, -0.15) is 5.10 Å². The highest BCUT2D eigenvalue weighted by molar-refractivity contribution is 14.1. The lowest BCUT2D eigenvalue weighted by atomic mass is 10.1. The van der Waals surface area contributed by atoms with E-state index < -0.39 is 0 Å². The average Bonchev–Trinajstić information content (AvgIpc) is 3.32. The Morgan fingerprint density at radius 3 is 2.63 bits per heavy atom. The molecule has 0 bridgehead atoms. The summed E-state index contributed by atoms with van der Waals surface area (Å²) in [6.45, 7) is 4.33. The topological polar surface area (TPSA) is 95.8 Å². The van der Waals surface area contributed by atoms with Gasteiger partial charge in [0.05, 0.1) is 22.1 Å². The van der Waals surface area contributed by atoms with Crippen LogP contribution in [0, 0.1) is 10.5 Å². The minimum atomic E-state index is -0.327. The zero-order valence-electron chi connectivity index (χ0n) is 19.1. The van der Waals surface area contributed by atoms with Crippen molar-refractivity contribution >= 4 is 56.9 Å². The molecule has 1 aromatic heterocycles. The van der Waals surface area contributed by atoms with E-state index in [1.165, 1.54) is 23.1 Å². The number of amides is 1. The van der Waals surface area contributed by atoms with Crippen molar-refractivity contribution in [2.24, 2.45) is 5.10 Å². The quantitative estimate of drug-likeness (QED) is 0.125. The summed E-state index contributed by atoms with van der Waals surface area (Å²) < 4.78 is 6.06. The fourth-order valence-electron chi connectivity index (χ4n) is 3.18. The van der Waals surface area contributed by atoms with Crippen molar-refractivity contribution in [2.45, 2.75) is 13.8 Å². The molecule has 4 rings (SSSR count). The summed E-state index contributed by atoms with van der Waals surface area (Å²) >= 11 is 3.54. The number of nitrogens with one attached hydrogen (secondary N) is 2. The van der Waals surface area contributed by atoms with Crippen molar-refractivity contribution in [1.29, 1.82) is 0 Å². The maximum atomic E-state index is 12.5. The number of benzene rings is 3. The summed E-state index contributed by atoms with van der Waals surface area (Å²) in [6.07, 6.45) is 1.51. The Kier molecular flexibility index (Phi) is 7.98. The van der Waals surface area contributed by atoms with E-state index in [2.05, 4.69) is 27.8 Å². The van der Waals surface area contributed by atoms with Crippen LogP contribution < -0.4 is 15.5 Å². The maximum Gasteiger partial charge on any atom is 0.271 e. The number of aromatic hydroxyl groups is 1. The molecule has 9 heteroatoms. The number of hydrogen-bond acceptors (Lipinski definition) is 7. The Morgan fingerprint density at radius 1 is 1.17 bits per heavy atom. The number of aryl methyl sites for hydroxylation is 1. The molecule has 0 unspecified atom stereocenters.